The predicted molar refractivity (Wildman–Crippen MR) is 104 cm³/mol. The summed E-state index contributed by atoms with van der Waals surface area (Å²) in [6.45, 7) is 4.37. The van der Waals surface area contributed by atoms with Crippen molar-refractivity contribution in [2.75, 3.05) is 11.9 Å². The summed E-state index contributed by atoms with van der Waals surface area (Å²) in [4.78, 5) is 24.7. The van der Waals surface area contributed by atoms with Crippen LogP contribution in [0.3, 0.4) is 0 Å². The zero-order chi connectivity index (χ0) is 21.9. The van der Waals surface area contributed by atoms with Crippen LogP contribution in [0.5, 0.6) is 5.88 Å². The first kappa shape index (κ1) is 21.8. The third kappa shape index (κ3) is 6.04. The molecule has 0 saturated heterocycles. The summed E-state index contributed by atoms with van der Waals surface area (Å²) in [5, 5.41) is 6.13. The molecular formula is C20H24F3N5O2. The van der Waals surface area contributed by atoms with Crippen LogP contribution in [-0.4, -0.2) is 39.7 Å². The van der Waals surface area contributed by atoms with Gasteiger partial charge in [0.15, 0.2) is 6.61 Å². The molecule has 2 aromatic heterocycles. The number of alkyl halides is 3. The first-order valence-electron chi connectivity index (χ1n) is 9.66. The fourth-order valence-corrected chi connectivity index (χ4v) is 3.08. The molecule has 162 valence electrons. The predicted octanol–water partition coefficient (Wildman–Crippen LogP) is 3.61. The number of halogens is 3. The van der Waals surface area contributed by atoms with Crippen molar-refractivity contribution in [3.05, 3.63) is 42.0 Å². The van der Waals surface area contributed by atoms with Crippen LogP contribution in [0.2, 0.25) is 0 Å². The van der Waals surface area contributed by atoms with Crippen molar-refractivity contribution in [1.29, 1.82) is 0 Å². The van der Waals surface area contributed by atoms with Gasteiger partial charge in [-0.1, -0.05) is 0 Å². The van der Waals surface area contributed by atoms with E-state index in [1.165, 1.54) is 6.20 Å². The van der Waals surface area contributed by atoms with Gasteiger partial charge >= 0.3 is 6.18 Å². The second-order valence-electron chi connectivity index (χ2n) is 7.64. The molecule has 1 amide bonds. The molecule has 0 radical (unpaired) electrons. The van der Waals surface area contributed by atoms with E-state index in [0.29, 0.717) is 5.69 Å². The number of pyridine rings is 1. The molecule has 2 heterocycles. The van der Waals surface area contributed by atoms with Gasteiger partial charge in [-0.15, -0.1) is 0 Å². The second-order valence-corrected chi connectivity index (χ2v) is 7.64. The van der Waals surface area contributed by atoms with E-state index in [9.17, 15) is 18.0 Å². The molecule has 3 rings (SSSR count). The Hall–Kier alpha value is -2.91. The number of hydrogen-bond acceptors (Lipinski definition) is 6. The Kier molecular flexibility index (Phi) is 6.42. The third-order valence-corrected chi connectivity index (χ3v) is 4.61. The van der Waals surface area contributed by atoms with E-state index in [1.807, 2.05) is 26.0 Å². The molecular weight excluding hydrogens is 399 g/mol. The van der Waals surface area contributed by atoms with Gasteiger partial charge in [-0.25, -0.2) is 9.97 Å². The number of rotatable bonds is 8. The summed E-state index contributed by atoms with van der Waals surface area (Å²) in [5.74, 6) is 0.466. The summed E-state index contributed by atoms with van der Waals surface area (Å²) in [6, 6.07) is 3.71. The highest BCUT2D eigenvalue weighted by atomic mass is 19.4. The number of aromatic nitrogens is 3. The van der Waals surface area contributed by atoms with E-state index in [4.69, 9.17) is 0 Å². The molecule has 0 spiro atoms. The Morgan fingerprint density at radius 1 is 1.23 bits per heavy atom. The number of carbonyl (C=O) groups excluding carboxylic acids is 1. The Bertz CT molecular complexity index is 873. The monoisotopic (exact) mass is 423 g/mol. The summed E-state index contributed by atoms with van der Waals surface area (Å²) >= 11 is 0. The SMILES string of the molecule is CC(C)Nc1cc(C2CC2C(=O)N[C@H](C)c2cnc(OCC(F)(F)F)cn2)ccn1. The summed E-state index contributed by atoms with van der Waals surface area (Å²) in [5.41, 5.74) is 1.50. The van der Waals surface area contributed by atoms with Crippen molar-refractivity contribution in [2.24, 2.45) is 5.92 Å². The molecule has 0 aliphatic heterocycles. The first-order chi connectivity index (χ1) is 14.1. The highest BCUT2D eigenvalue weighted by molar-refractivity contribution is 5.83. The Labute approximate surface area is 172 Å². The van der Waals surface area contributed by atoms with Gasteiger partial charge in [-0.3, -0.25) is 9.78 Å². The van der Waals surface area contributed by atoms with Crippen LogP contribution in [0, 0.1) is 5.92 Å². The molecule has 0 bridgehead atoms. The lowest BCUT2D eigenvalue weighted by atomic mass is 10.1. The van der Waals surface area contributed by atoms with E-state index in [-0.39, 0.29) is 29.7 Å². The fourth-order valence-electron chi connectivity index (χ4n) is 3.08. The molecule has 1 aliphatic rings. The second kappa shape index (κ2) is 8.85. The van der Waals surface area contributed by atoms with Gasteiger partial charge in [0.25, 0.3) is 0 Å². The highest BCUT2D eigenvalue weighted by Gasteiger charge is 2.44. The number of anilines is 1. The summed E-state index contributed by atoms with van der Waals surface area (Å²) in [7, 11) is 0. The molecule has 7 nitrogen and oxygen atoms in total. The zero-order valence-electron chi connectivity index (χ0n) is 16.9. The van der Waals surface area contributed by atoms with Crippen molar-refractivity contribution in [2.45, 2.75) is 51.4 Å². The van der Waals surface area contributed by atoms with Gasteiger partial charge in [0.2, 0.25) is 11.8 Å². The van der Waals surface area contributed by atoms with Crippen molar-refractivity contribution >= 4 is 11.7 Å². The molecule has 2 unspecified atom stereocenters. The van der Waals surface area contributed by atoms with E-state index in [0.717, 1.165) is 24.0 Å². The van der Waals surface area contributed by atoms with E-state index < -0.39 is 18.8 Å². The number of nitrogens with one attached hydrogen (secondary N) is 2. The van der Waals surface area contributed by atoms with Crippen LogP contribution in [0.4, 0.5) is 19.0 Å². The molecule has 2 N–H and O–H groups in total. The maximum absolute atomic E-state index is 12.6. The summed E-state index contributed by atoms with van der Waals surface area (Å²) < 4.78 is 41.1. The van der Waals surface area contributed by atoms with Crippen molar-refractivity contribution < 1.29 is 22.7 Å². The number of ether oxygens (including phenoxy) is 1. The quantitative estimate of drug-likeness (QED) is 0.674. The molecule has 1 aliphatic carbocycles. The standard InChI is InChI=1S/C20H24F3N5O2/c1-11(2)27-17-6-13(4-5-24-17)14-7-15(14)19(29)28-12(3)16-8-26-18(9-25-16)30-10-20(21,22)23/h4-6,8-9,11-12,14-15H,7,10H2,1-3H3,(H,24,27)(H,28,29)/t12-,14?,15?/m1/s1. The van der Waals surface area contributed by atoms with Gasteiger partial charge in [-0.05, 0) is 50.8 Å². The minimum Gasteiger partial charge on any atom is -0.467 e. The lowest BCUT2D eigenvalue weighted by Gasteiger charge is -2.14. The van der Waals surface area contributed by atoms with Crippen LogP contribution in [0.15, 0.2) is 30.7 Å². The van der Waals surface area contributed by atoms with Crippen molar-refractivity contribution in [3.8, 4) is 5.88 Å². The third-order valence-electron chi connectivity index (χ3n) is 4.61. The average Bonchev–Trinajstić information content (AvgIpc) is 3.47. The Balaban J connectivity index is 1.53. The maximum atomic E-state index is 12.6. The van der Waals surface area contributed by atoms with Gasteiger partial charge in [0.1, 0.15) is 5.82 Å². The van der Waals surface area contributed by atoms with E-state index >= 15 is 0 Å². The molecule has 2 aromatic rings. The lowest BCUT2D eigenvalue weighted by Crippen LogP contribution is -2.29. The minimum atomic E-state index is -4.44. The van der Waals surface area contributed by atoms with Crippen LogP contribution < -0.4 is 15.4 Å². The molecule has 3 atom stereocenters. The molecule has 1 fully saturated rings. The molecule has 30 heavy (non-hydrogen) atoms. The maximum Gasteiger partial charge on any atom is 0.422 e. The van der Waals surface area contributed by atoms with Gasteiger partial charge < -0.3 is 15.4 Å². The van der Waals surface area contributed by atoms with Gasteiger partial charge in [0, 0.05) is 18.2 Å². The van der Waals surface area contributed by atoms with Gasteiger partial charge in [-0.2, -0.15) is 13.2 Å². The lowest BCUT2D eigenvalue weighted by molar-refractivity contribution is -0.154. The van der Waals surface area contributed by atoms with Crippen LogP contribution >= 0.6 is 0 Å². The van der Waals surface area contributed by atoms with Crippen molar-refractivity contribution in [3.63, 3.8) is 0 Å². The van der Waals surface area contributed by atoms with Crippen LogP contribution in [0.25, 0.3) is 0 Å². The number of hydrogen-bond donors (Lipinski definition) is 2. The number of nitrogens with zero attached hydrogens (tertiary/aromatic N) is 3. The number of amides is 1. The van der Waals surface area contributed by atoms with Gasteiger partial charge in [0.05, 0.1) is 24.1 Å². The smallest absolute Gasteiger partial charge is 0.422 e. The normalized spacial score (nSPS) is 19.3. The fraction of sp³-hybridized carbons (Fsp3) is 0.500. The number of carbonyl (C=O) groups is 1. The van der Waals surface area contributed by atoms with E-state index in [1.54, 1.807) is 13.1 Å². The zero-order valence-corrected chi connectivity index (χ0v) is 16.9. The average molecular weight is 423 g/mol. The van der Waals surface area contributed by atoms with E-state index in [2.05, 4.69) is 30.3 Å². The first-order valence-corrected chi connectivity index (χ1v) is 9.66. The minimum absolute atomic E-state index is 0.0955. The van der Waals surface area contributed by atoms with Crippen molar-refractivity contribution in [1.82, 2.24) is 20.3 Å². The van der Waals surface area contributed by atoms with Crippen LogP contribution in [0.1, 0.15) is 50.4 Å². The summed E-state index contributed by atoms with van der Waals surface area (Å²) in [6.07, 6.45) is 0.452. The Morgan fingerprint density at radius 3 is 2.63 bits per heavy atom. The molecule has 10 heteroatoms. The molecule has 0 aromatic carbocycles. The Morgan fingerprint density at radius 2 is 2.00 bits per heavy atom. The topological polar surface area (TPSA) is 89.0 Å². The largest absolute Gasteiger partial charge is 0.467 e. The molecule has 1 saturated carbocycles. The highest BCUT2D eigenvalue weighted by Crippen LogP contribution is 2.48. The van der Waals surface area contributed by atoms with Crippen LogP contribution in [-0.2, 0) is 4.79 Å².